The summed E-state index contributed by atoms with van der Waals surface area (Å²) in [6, 6.07) is 4.98. The van der Waals surface area contributed by atoms with Crippen molar-refractivity contribution in [3.05, 3.63) is 29.1 Å². The molecule has 1 amide bonds. The summed E-state index contributed by atoms with van der Waals surface area (Å²) >= 11 is 0. The molecule has 0 bridgehead atoms. The zero-order valence-corrected chi connectivity index (χ0v) is 10.9. The Morgan fingerprint density at radius 3 is 2.90 bits per heavy atom. The number of aromatic nitrogens is 1. The lowest BCUT2D eigenvalue weighted by molar-refractivity contribution is -0.154. The molecule has 1 atom stereocenters. The molecule has 104 valence electrons. The zero-order valence-electron chi connectivity index (χ0n) is 10.9. The average molecular weight is 275 g/mol. The number of rotatable bonds is 2. The summed E-state index contributed by atoms with van der Waals surface area (Å²) in [4.78, 5) is 28.6. The first-order valence-corrected chi connectivity index (χ1v) is 6.04. The van der Waals surface area contributed by atoms with Crippen LogP contribution in [0.3, 0.4) is 0 Å². The standard InChI is InChI=1S/C13H13N3O4/c1-8-9(6-14)2-3-10(15-8)12(17)16-4-5-20-11(7-16)13(18)19/h2-3,11H,4-5,7H2,1H3,(H,18,19). The average Bonchev–Trinajstić information content (AvgIpc) is 2.46. The van der Waals surface area contributed by atoms with E-state index in [1.54, 1.807) is 6.92 Å². The lowest BCUT2D eigenvalue weighted by atomic mass is 10.2. The molecule has 0 radical (unpaired) electrons. The van der Waals surface area contributed by atoms with E-state index < -0.39 is 12.1 Å². The number of carbonyl (C=O) groups excluding carboxylic acids is 1. The second-order valence-electron chi connectivity index (χ2n) is 4.39. The van der Waals surface area contributed by atoms with E-state index in [-0.39, 0.29) is 24.8 Å². The smallest absolute Gasteiger partial charge is 0.334 e. The van der Waals surface area contributed by atoms with Crippen LogP contribution in [0.4, 0.5) is 0 Å². The molecule has 0 spiro atoms. The molecule has 7 heteroatoms. The van der Waals surface area contributed by atoms with Crippen LogP contribution in [0.5, 0.6) is 0 Å². The summed E-state index contributed by atoms with van der Waals surface area (Å²) in [5.74, 6) is -1.45. The number of nitriles is 1. The van der Waals surface area contributed by atoms with Gasteiger partial charge in [0.05, 0.1) is 24.4 Å². The maximum atomic E-state index is 12.3. The van der Waals surface area contributed by atoms with Gasteiger partial charge in [0.25, 0.3) is 5.91 Å². The van der Waals surface area contributed by atoms with Gasteiger partial charge in [-0.1, -0.05) is 0 Å². The molecule has 1 saturated heterocycles. The number of amides is 1. The second kappa shape index (κ2) is 5.67. The van der Waals surface area contributed by atoms with E-state index in [4.69, 9.17) is 15.1 Å². The highest BCUT2D eigenvalue weighted by atomic mass is 16.5. The van der Waals surface area contributed by atoms with Crippen LogP contribution in [0, 0.1) is 18.3 Å². The van der Waals surface area contributed by atoms with Crippen LogP contribution < -0.4 is 0 Å². The number of carboxylic acids is 1. The van der Waals surface area contributed by atoms with Gasteiger partial charge in [0.15, 0.2) is 6.10 Å². The maximum Gasteiger partial charge on any atom is 0.334 e. The zero-order chi connectivity index (χ0) is 14.7. The molecular weight excluding hydrogens is 262 g/mol. The molecule has 2 rings (SSSR count). The van der Waals surface area contributed by atoms with E-state index in [9.17, 15) is 9.59 Å². The predicted molar refractivity (Wildman–Crippen MR) is 67.0 cm³/mol. The van der Waals surface area contributed by atoms with Crippen LogP contribution in [0.1, 0.15) is 21.7 Å². The number of hydrogen-bond donors (Lipinski definition) is 1. The number of morpholine rings is 1. The predicted octanol–water partition coefficient (Wildman–Crippen LogP) is 0.187. The lowest BCUT2D eigenvalue weighted by Gasteiger charge is -2.30. The van der Waals surface area contributed by atoms with Crippen LogP contribution in [0.15, 0.2) is 12.1 Å². The summed E-state index contributed by atoms with van der Waals surface area (Å²) in [6.45, 7) is 2.14. The van der Waals surface area contributed by atoms with Gasteiger partial charge in [-0.2, -0.15) is 5.26 Å². The third-order valence-electron chi connectivity index (χ3n) is 3.05. The largest absolute Gasteiger partial charge is 0.479 e. The number of nitrogens with zero attached hydrogens (tertiary/aromatic N) is 3. The van der Waals surface area contributed by atoms with E-state index in [2.05, 4.69) is 4.98 Å². The molecule has 20 heavy (non-hydrogen) atoms. The van der Waals surface area contributed by atoms with Crippen molar-refractivity contribution in [1.82, 2.24) is 9.88 Å². The minimum Gasteiger partial charge on any atom is -0.479 e. The SMILES string of the molecule is Cc1nc(C(=O)N2CCOC(C(=O)O)C2)ccc1C#N. The molecule has 1 aliphatic rings. The molecular formula is C13H13N3O4. The maximum absolute atomic E-state index is 12.3. The van der Waals surface area contributed by atoms with Crippen LogP contribution in [-0.4, -0.2) is 52.7 Å². The van der Waals surface area contributed by atoms with Gasteiger partial charge in [0.1, 0.15) is 11.8 Å². The molecule has 1 aliphatic heterocycles. The summed E-state index contributed by atoms with van der Waals surface area (Å²) in [5, 5.41) is 17.7. The second-order valence-corrected chi connectivity index (χ2v) is 4.39. The Morgan fingerprint density at radius 1 is 1.55 bits per heavy atom. The number of aryl methyl sites for hydroxylation is 1. The van der Waals surface area contributed by atoms with Gasteiger partial charge in [-0.25, -0.2) is 9.78 Å². The van der Waals surface area contributed by atoms with Gasteiger partial charge in [-0.05, 0) is 19.1 Å². The Kier molecular flexibility index (Phi) is 3.96. The fourth-order valence-electron chi connectivity index (χ4n) is 1.94. The van der Waals surface area contributed by atoms with Crippen LogP contribution in [0.2, 0.25) is 0 Å². The van der Waals surface area contributed by atoms with Gasteiger partial charge < -0.3 is 14.7 Å². The Hall–Kier alpha value is -2.46. The highest BCUT2D eigenvalue weighted by Crippen LogP contribution is 2.12. The van der Waals surface area contributed by atoms with Crippen molar-refractivity contribution >= 4 is 11.9 Å². The normalized spacial score (nSPS) is 18.4. The van der Waals surface area contributed by atoms with Crippen molar-refractivity contribution in [1.29, 1.82) is 5.26 Å². The van der Waals surface area contributed by atoms with Crippen molar-refractivity contribution in [3.8, 4) is 6.07 Å². The third kappa shape index (κ3) is 2.75. The summed E-state index contributed by atoms with van der Waals surface area (Å²) in [6.07, 6.45) is -1.01. The molecule has 0 aromatic carbocycles. The molecule has 0 aliphatic carbocycles. The number of aliphatic carboxylic acids is 1. The molecule has 0 saturated carbocycles. The van der Waals surface area contributed by atoms with Crippen LogP contribution in [-0.2, 0) is 9.53 Å². The van der Waals surface area contributed by atoms with Crippen molar-refractivity contribution in [3.63, 3.8) is 0 Å². The minimum absolute atomic E-state index is 0.00506. The Labute approximate surface area is 115 Å². The van der Waals surface area contributed by atoms with Crippen molar-refractivity contribution < 1.29 is 19.4 Å². The molecule has 1 aromatic heterocycles. The molecule has 2 heterocycles. The summed E-state index contributed by atoms with van der Waals surface area (Å²) < 4.78 is 5.06. The van der Waals surface area contributed by atoms with E-state index in [0.29, 0.717) is 17.8 Å². The Balaban J connectivity index is 2.17. The summed E-state index contributed by atoms with van der Waals surface area (Å²) in [7, 11) is 0. The van der Waals surface area contributed by atoms with E-state index in [0.717, 1.165) is 0 Å². The fourth-order valence-corrected chi connectivity index (χ4v) is 1.94. The van der Waals surface area contributed by atoms with Gasteiger partial charge in [-0.15, -0.1) is 0 Å². The van der Waals surface area contributed by atoms with E-state index in [1.807, 2.05) is 6.07 Å². The van der Waals surface area contributed by atoms with Crippen molar-refractivity contribution in [2.45, 2.75) is 13.0 Å². The highest BCUT2D eigenvalue weighted by molar-refractivity contribution is 5.93. The van der Waals surface area contributed by atoms with Crippen molar-refractivity contribution in [2.75, 3.05) is 19.7 Å². The van der Waals surface area contributed by atoms with Crippen molar-refractivity contribution in [2.24, 2.45) is 0 Å². The first-order chi connectivity index (χ1) is 9.52. The first-order valence-electron chi connectivity index (χ1n) is 6.04. The molecule has 1 fully saturated rings. The lowest BCUT2D eigenvalue weighted by Crippen LogP contribution is -2.48. The van der Waals surface area contributed by atoms with Crippen LogP contribution in [0.25, 0.3) is 0 Å². The number of carbonyl (C=O) groups is 2. The molecule has 7 nitrogen and oxygen atoms in total. The van der Waals surface area contributed by atoms with Gasteiger partial charge in [0, 0.05) is 6.54 Å². The molecule has 1 aromatic rings. The monoisotopic (exact) mass is 275 g/mol. The van der Waals surface area contributed by atoms with Crippen LogP contribution >= 0.6 is 0 Å². The van der Waals surface area contributed by atoms with Gasteiger partial charge in [0.2, 0.25) is 0 Å². The third-order valence-corrected chi connectivity index (χ3v) is 3.05. The van der Waals surface area contributed by atoms with E-state index >= 15 is 0 Å². The topological polar surface area (TPSA) is 104 Å². The van der Waals surface area contributed by atoms with Gasteiger partial charge in [-0.3, -0.25) is 4.79 Å². The number of pyridine rings is 1. The molecule has 1 unspecified atom stereocenters. The minimum atomic E-state index is -1.09. The van der Waals surface area contributed by atoms with E-state index in [1.165, 1.54) is 17.0 Å². The summed E-state index contributed by atoms with van der Waals surface area (Å²) in [5.41, 5.74) is 1.08. The fraction of sp³-hybridized carbons (Fsp3) is 0.385. The Bertz CT molecular complexity index is 594. The highest BCUT2D eigenvalue weighted by Gasteiger charge is 2.30. The Morgan fingerprint density at radius 2 is 2.30 bits per heavy atom. The number of hydrogen-bond acceptors (Lipinski definition) is 5. The quantitative estimate of drug-likeness (QED) is 0.826. The number of ether oxygens (including phenoxy) is 1. The molecule has 1 N–H and O–H groups in total. The van der Waals surface area contributed by atoms with Gasteiger partial charge >= 0.3 is 5.97 Å². The number of carboxylic acid groups (broad SMARTS) is 1. The first kappa shape index (κ1) is 14.0.